The number of nitrogens with one attached hydrogen (secondary N) is 2. The van der Waals surface area contributed by atoms with Gasteiger partial charge in [-0.3, -0.25) is 14.4 Å². The van der Waals surface area contributed by atoms with Crippen molar-refractivity contribution in [2.75, 3.05) is 36.2 Å². The molecule has 1 fully saturated rings. The van der Waals surface area contributed by atoms with E-state index in [9.17, 15) is 13.9 Å². The first-order valence-electron chi connectivity index (χ1n) is 9.57. The van der Waals surface area contributed by atoms with Gasteiger partial charge in [0.15, 0.2) is 11.0 Å². The molecular formula is C18H28N6O4S2. The first-order valence-corrected chi connectivity index (χ1v) is 12.5. The van der Waals surface area contributed by atoms with Crippen LogP contribution in [0.15, 0.2) is 12.3 Å². The number of aromatic nitrogens is 3. The molecule has 0 aromatic carbocycles. The molecule has 0 bridgehead atoms. The van der Waals surface area contributed by atoms with Crippen LogP contribution in [0.5, 0.6) is 0 Å². The smallest absolute Gasteiger partial charge is 0.321 e. The number of hydrogen-bond donors (Lipinski definition) is 4. The Balaban J connectivity index is 1.90. The van der Waals surface area contributed by atoms with Crippen molar-refractivity contribution >= 4 is 38.9 Å². The third-order valence-corrected chi connectivity index (χ3v) is 5.97. The van der Waals surface area contributed by atoms with E-state index in [2.05, 4.69) is 32.4 Å². The Kier molecular flexibility index (Phi) is 7.14. The zero-order valence-corrected chi connectivity index (χ0v) is 19.1. The molecule has 1 aliphatic rings. The standard InChI is InChI=1S/C18H28N6O4S2/c1-11(2)20-17(25)23-18-19-8-14(29-18)16-21-13(10-30(4,26)27)7-15(22-16)24-5-6-28-9-12(24)3/h7-8,11-12,26-27H,5-6,9-10H2,1-4H3,(H2,19,20,23,25)/t12-/m0/s1. The highest BCUT2D eigenvalue weighted by Gasteiger charge is 2.23. The topological polar surface area (TPSA) is 133 Å². The van der Waals surface area contributed by atoms with Gasteiger partial charge in [-0.15, -0.1) is 0 Å². The maximum atomic E-state index is 11.9. The Bertz CT molecular complexity index is 886. The molecule has 0 aliphatic carbocycles. The van der Waals surface area contributed by atoms with Crippen molar-refractivity contribution in [3.8, 4) is 10.7 Å². The second-order valence-electron chi connectivity index (χ2n) is 7.58. The number of carbonyl (C=O) groups excluding carboxylic acids is 1. The molecule has 1 aliphatic heterocycles. The minimum atomic E-state index is -2.77. The van der Waals surface area contributed by atoms with Crippen molar-refractivity contribution in [2.45, 2.75) is 38.6 Å². The van der Waals surface area contributed by atoms with Crippen LogP contribution in [-0.2, 0) is 10.5 Å². The van der Waals surface area contributed by atoms with Gasteiger partial charge < -0.3 is 15.0 Å². The summed E-state index contributed by atoms with van der Waals surface area (Å²) in [7, 11) is -2.77. The lowest BCUT2D eigenvalue weighted by molar-refractivity contribution is 0.0985. The molecule has 10 nitrogen and oxygen atoms in total. The highest BCUT2D eigenvalue weighted by atomic mass is 32.3. The average molecular weight is 457 g/mol. The van der Waals surface area contributed by atoms with E-state index in [1.807, 2.05) is 13.8 Å². The number of carbonyl (C=O) groups is 1. The minimum Gasteiger partial charge on any atom is -0.377 e. The van der Waals surface area contributed by atoms with Crippen LogP contribution in [-0.4, -0.2) is 68.2 Å². The first-order chi connectivity index (χ1) is 14.1. The summed E-state index contributed by atoms with van der Waals surface area (Å²) >= 11 is 1.25. The number of rotatable bonds is 6. The SMILES string of the molecule is CC(C)NC(=O)Nc1ncc(-c2nc(CS(C)(O)O)cc(N3CCOC[C@@H]3C)n2)s1. The lowest BCUT2D eigenvalue weighted by atomic mass is 10.2. The van der Waals surface area contributed by atoms with Crippen LogP contribution in [0.25, 0.3) is 10.7 Å². The molecule has 166 valence electrons. The molecule has 0 spiro atoms. The number of ether oxygens (including phenoxy) is 1. The quantitative estimate of drug-likeness (QED) is 0.521. The number of thiazole rings is 1. The minimum absolute atomic E-state index is 0.0105. The van der Waals surface area contributed by atoms with E-state index in [0.29, 0.717) is 47.1 Å². The van der Waals surface area contributed by atoms with E-state index in [-0.39, 0.29) is 23.9 Å². The van der Waals surface area contributed by atoms with E-state index >= 15 is 0 Å². The van der Waals surface area contributed by atoms with Crippen LogP contribution in [0, 0.1) is 0 Å². The Morgan fingerprint density at radius 3 is 2.87 bits per heavy atom. The lowest BCUT2D eigenvalue weighted by Gasteiger charge is -2.35. The van der Waals surface area contributed by atoms with Crippen LogP contribution < -0.4 is 15.5 Å². The van der Waals surface area contributed by atoms with Crippen LogP contribution in [0.4, 0.5) is 15.7 Å². The molecule has 0 saturated carbocycles. The molecule has 0 radical (unpaired) electrons. The molecule has 1 atom stereocenters. The van der Waals surface area contributed by atoms with Crippen molar-refractivity contribution in [3.63, 3.8) is 0 Å². The fraction of sp³-hybridized carbons (Fsp3) is 0.556. The van der Waals surface area contributed by atoms with Gasteiger partial charge in [-0.1, -0.05) is 11.3 Å². The van der Waals surface area contributed by atoms with E-state index in [0.717, 1.165) is 0 Å². The third-order valence-electron chi connectivity index (χ3n) is 4.22. The second kappa shape index (κ2) is 9.43. The molecule has 2 aromatic rings. The zero-order chi connectivity index (χ0) is 21.9. The summed E-state index contributed by atoms with van der Waals surface area (Å²) in [5.74, 6) is 1.17. The predicted octanol–water partition coefficient (Wildman–Crippen LogP) is 3.24. The van der Waals surface area contributed by atoms with Gasteiger partial charge in [0.25, 0.3) is 0 Å². The van der Waals surface area contributed by atoms with Crippen LogP contribution >= 0.6 is 21.9 Å². The molecule has 0 unspecified atom stereocenters. The van der Waals surface area contributed by atoms with Crippen molar-refractivity contribution in [2.24, 2.45) is 0 Å². The van der Waals surface area contributed by atoms with Crippen LogP contribution in [0.2, 0.25) is 0 Å². The molecule has 2 amide bonds. The van der Waals surface area contributed by atoms with E-state index in [4.69, 9.17) is 9.72 Å². The average Bonchev–Trinajstić information content (AvgIpc) is 3.08. The highest BCUT2D eigenvalue weighted by molar-refractivity contribution is 8.23. The molecule has 30 heavy (non-hydrogen) atoms. The third kappa shape index (κ3) is 6.25. The molecule has 1 saturated heterocycles. The van der Waals surface area contributed by atoms with Crippen molar-refractivity contribution in [1.82, 2.24) is 20.3 Å². The van der Waals surface area contributed by atoms with E-state index in [1.54, 1.807) is 12.3 Å². The Hall–Kier alpha value is -1.99. The van der Waals surface area contributed by atoms with Gasteiger partial charge >= 0.3 is 6.03 Å². The van der Waals surface area contributed by atoms with Gasteiger partial charge in [0, 0.05) is 24.9 Å². The predicted molar refractivity (Wildman–Crippen MR) is 121 cm³/mol. The summed E-state index contributed by atoms with van der Waals surface area (Å²) in [5.41, 5.74) is 0.539. The Morgan fingerprint density at radius 2 is 2.20 bits per heavy atom. The summed E-state index contributed by atoms with van der Waals surface area (Å²) in [6, 6.07) is 1.61. The summed E-state index contributed by atoms with van der Waals surface area (Å²) in [6.45, 7) is 7.68. The number of nitrogens with zero attached hydrogens (tertiary/aromatic N) is 4. The lowest BCUT2D eigenvalue weighted by Crippen LogP contribution is -2.44. The van der Waals surface area contributed by atoms with Gasteiger partial charge in [0.1, 0.15) is 5.82 Å². The van der Waals surface area contributed by atoms with Gasteiger partial charge in [-0.05, 0) is 20.8 Å². The number of urea groups is 1. The fourth-order valence-corrected chi connectivity index (χ4v) is 4.45. The second-order valence-corrected chi connectivity index (χ2v) is 10.9. The van der Waals surface area contributed by atoms with Crippen molar-refractivity contribution < 1.29 is 18.6 Å². The van der Waals surface area contributed by atoms with Crippen LogP contribution in [0.1, 0.15) is 26.5 Å². The molecular weight excluding hydrogens is 428 g/mol. The maximum absolute atomic E-state index is 11.9. The maximum Gasteiger partial charge on any atom is 0.321 e. The number of morpholine rings is 1. The molecule has 3 rings (SSSR count). The Morgan fingerprint density at radius 1 is 1.43 bits per heavy atom. The number of hydrogen-bond acceptors (Lipinski definition) is 9. The summed E-state index contributed by atoms with van der Waals surface area (Å²) in [5, 5.41) is 5.88. The van der Waals surface area contributed by atoms with E-state index in [1.165, 1.54) is 17.6 Å². The van der Waals surface area contributed by atoms with Crippen molar-refractivity contribution in [3.05, 3.63) is 18.0 Å². The van der Waals surface area contributed by atoms with Gasteiger partial charge in [0.2, 0.25) is 0 Å². The summed E-state index contributed by atoms with van der Waals surface area (Å²) in [4.78, 5) is 28.2. The number of anilines is 2. The largest absolute Gasteiger partial charge is 0.377 e. The van der Waals surface area contributed by atoms with Crippen LogP contribution in [0.3, 0.4) is 0 Å². The first kappa shape index (κ1) is 22.7. The fourth-order valence-electron chi connectivity index (χ4n) is 2.99. The van der Waals surface area contributed by atoms with Gasteiger partial charge in [-0.25, -0.2) is 19.7 Å². The number of amides is 2. The normalized spacial score (nSPS) is 17.8. The molecule has 2 aromatic heterocycles. The molecule has 12 heteroatoms. The summed E-state index contributed by atoms with van der Waals surface area (Å²) in [6.07, 6.45) is 3.00. The van der Waals surface area contributed by atoms with Crippen molar-refractivity contribution in [1.29, 1.82) is 0 Å². The van der Waals surface area contributed by atoms with Gasteiger partial charge in [-0.2, -0.15) is 10.6 Å². The zero-order valence-electron chi connectivity index (χ0n) is 17.5. The molecule has 3 heterocycles. The monoisotopic (exact) mass is 456 g/mol. The molecule has 4 N–H and O–H groups in total. The summed E-state index contributed by atoms with van der Waals surface area (Å²) < 4.78 is 25.4. The Labute approximate surface area is 181 Å². The van der Waals surface area contributed by atoms with E-state index < -0.39 is 10.6 Å². The highest BCUT2D eigenvalue weighted by Crippen LogP contribution is 2.38. The van der Waals surface area contributed by atoms with Gasteiger partial charge in [0.05, 0.1) is 41.8 Å².